The highest BCUT2D eigenvalue weighted by Crippen LogP contribution is 2.21. The summed E-state index contributed by atoms with van der Waals surface area (Å²) in [5, 5.41) is 21.2. The van der Waals surface area contributed by atoms with Crippen molar-refractivity contribution in [1.82, 2.24) is 15.6 Å². The minimum Gasteiger partial charge on any atom is -0.496 e. The summed E-state index contributed by atoms with van der Waals surface area (Å²) >= 11 is 0. The molecule has 3 rings (SSSR count). The van der Waals surface area contributed by atoms with Crippen molar-refractivity contribution in [3.8, 4) is 17.0 Å². The van der Waals surface area contributed by atoms with Crippen molar-refractivity contribution in [2.45, 2.75) is 0 Å². The Morgan fingerprint density at radius 1 is 1.24 bits per heavy atom. The summed E-state index contributed by atoms with van der Waals surface area (Å²) in [7, 11) is 1.59. The van der Waals surface area contributed by atoms with Crippen LogP contribution in [-0.2, 0) is 0 Å². The van der Waals surface area contributed by atoms with E-state index in [1.807, 2.05) is 24.3 Å². The highest BCUT2D eigenvalue weighted by molar-refractivity contribution is 5.94. The predicted molar refractivity (Wildman–Crippen MR) is 109 cm³/mol. The Kier molecular flexibility index (Phi) is 6.11. The van der Waals surface area contributed by atoms with Crippen LogP contribution in [0.15, 0.2) is 65.8 Å². The molecule has 2 N–H and O–H groups in total. The molecule has 29 heavy (non-hydrogen) atoms. The van der Waals surface area contributed by atoms with Gasteiger partial charge in [-0.25, -0.2) is 5.43 Å². The van der Waals surface area contributed by atoms with E-state index < -0.39 is 10.8 Å². The van der Waals surface area contributed by atoms with Gasteiger partial charge in [0.2, 0.25) is 0 Å². The van der Waals surface area contributed by atoms with Crippen LogP contribution >= 0.6 is 0 Å². The number of nitro benzene ring substituents is 1. The molecule has 0 aliphatic carbocycles. The lowest BCUT2D eigenvalue weighted by Gasteiger charge is -2.02. The first-order valence-corrected chi connectivity index (χ1v) is 8.52. The number of carbonyl (C=O) groups is 1. The number of carbonyl (C=O) groups excluding carboxylic acids is 1. The number of nitrogens with zero attached hydrogens (tertiary/aromatic N) is 3. The smallest absolute Gasteiger partial charge is 0.289 e. The molecule has 0 spiro atoms. The summed E-state index contributed by atoms with van der Waals surface area (Å²) in [6.45, 7) is 0. The molecule has 0 unspecified atom stereocenters. The van der Waals surface area contributed by atoms with Crippen molar-refractivity contribution in [1.29, 1.82) is 0 Å². The van der Waals surface area contributed by atoms with E-state index in [0.717, 1.165) is 11.3 Å². The van der Waals surface area contributed by atoms with Crippen molar-refractivity contribution in [3.63, 3.8) is 0 Å². The van der Waals surface area contributed by atoms with Gasteiger partial charge in [0, 0.05) is 29.5 Å². The van der Waals surface area contributed by atoms with Crippen LogP contribution in [0.2, 0.25) is 0 Å². The Bertz CT molecular complexity index is 1070. The zero-order valence-electron chi connectivity index (χ0n) is 15.4. The van der Waals surface area contributed by atoms with Crippen LogP contribution in [0, 0.1) is 10.1 Å². The highest BCUT2D eigenvalue weighted by atomic mass is 16.6. The van der Waals surface area contributed by atoms with Crippen LogP contribution in [0.25, 0.3) is 17.3 Å². The fraction of sp³-hybridized carbons (Fsp3) is 0.0500. The number of H-pyrrole nitrogens is 1. The Labute approximate surface area is 165 Å². The molecule has 0 fully saturated rings. The number of amides is 1. The number of non-ortho nitro benzene ring substituents is 1. The average Bonchev–Trinajstić information content (AvgIpc) is 3.24. The van der Waals surface area contributed by atoms with Gasteiger partial charge in [-0.2, -0.15) is 10.2 Å². The van der Waals surface area contributed by atoms with Gasteiger partial charge in [0.05, 0.1) is 17.7 Å². The van der Waals surface area contributed by atoms with Gasteiger partial charge in [-0.3, -0.25) is 20.0 Å². The van der Waals surface area contributed by atoms with Crippen molar-refractivity contribution >= 4 is 23.9 Å². The molecule has 1 amide bonds. The van der Waals surface area contributed by atoms with Gasteiger partial charge in [-0.15, -0.1) is 0 Å². The van der Waals surface area contributed by atoms with Gasteiger partial charge in [0.15, 0.2) is 0 Å². The lowest BCUT2D eigenvalue weighted by atomic mass is 10.1. The average molecular weight is 391 g/mol. The molecular formula is C20H17N5O4. The standard InChI is InChI=1S/C20H17N5O4/c1-29-19-7-3-2-5-15(19)6-4-12-21-24-20(26)18-13-17(22-23-18)14-8-10-16(11-9-14)25(27)28/h2-13H,1H3,(H,22,23)(H,24,26)/b6-4+,21-12+. The van der Waals surface area contributed by atoms with E-state index >= 15 is 0 Å². The lowest BCUT2D eigenvalue weighted by molar-refractivity contribution is -0.384. The number of rotatable bonds is 7. The molecular weight excluding hydrogens is 374 g/mol. The second kappa shape index (κ2) is 9.09. The first kappa shape index (κ1) is 19.5. The van der Waals surface area contributed by atoms with Crippen LogP contribution in [0.5, 0.6) is 5.75 Å². The molecule has 3 aromatic rings. The Morgan fingerprint density at radius 2 is 2.00 bits per heavy atom. The molecule has 9 nitrogen and oxygen atoms in total. The second-order valence-electron chi connectivity index (χ2n) is 5.79. The van der Waals surface area contributed by atoms with Crippen LogP contribution in [0.3, 0.4) is 0 Å². The van der Waals surface area contributed by atoms with E-state index in [9.17, 15) is 14.9 Å². The third kappa shape index (κ3) is 4.92. The van der Waals surface area contributed by atoms with E-state index in [1.54, 1.807) is 31.4 Å². The van der Waals surface area contributed by atoms with Gasteiger partial charge < -0.3 is 4.74 Å². The zero-order chi connectivity index (χ0) is 20.6. The fourth-order valence-electron chi connectivity index (χ4n) is 2.49. The number of nitrogens with one attached hydrogen (secondary N) is 2. The van der Waals surface area contributed by atoms with Crippen LogP contribution in [0.1, 0.15) is 16.1 Å². The molecule has 0 saturated heterocycles. The summed E-state index contributed by atoms with van der Waals surface area (Å²) < 4.78 is 5.25. The number of hydrogen-bond donors (Lipinski definition) is 2. The van der Waals surface area contributed by atoms with Gasteiger partial charge >= 0.3 is 0 Å². The van der Waals surface area contributed by atoms with Gasteiger partial charge in [0.25, 0.3) is 11.6 Å². The number of aromatic nitrogens is 2. The van der Waals surface area contributed by atoms with Gasteiger partial charge in [-0.05, 0) is 36.4 Å². The number of para-hydroxylation sites is 1. The molecule has 0 aliphatic rings. The topological polar surface area (TPSA) is 123 Å². The van der Waals surface area contributed by atoms with Crippen molar-refractivity contribution in [3.05, 3.63) is 82.0 Å². The Balaban J connectivity index is 1.59. The van der Waals surface area contributed by atoms with Crippen LogP contribution < -0.4 is 10.2 Å². The summed E-state index contributed by atoms with van der Waals surface area (Å²) in [5.74, 6) is 0.269. The maximum Gasteiger partial charge on any atom is 0.289 e. The Hall–Kier alpha value is -4.27. The van der Waals surface area contributed by atoms with E-state index in [1.165, 1.54) is 24.4 Å². The molecule has 0 bridgehead atoms. The number of methoxy groups -OCH3 is 1. The number of hydrogen-bond acceptors (Lipinski definition) is 6. The molecule has 9 heteroatoms. The molecule has 0 atom stereocenters. The maximum atomic E-state index is 12.1. The molecule has 0 saturated carbocycles. The third-order valence-electron chi connectivity index (χ3n) is 3.94. The quantitative estimate of drug-likeness (QED) is 0.363. The SMILES string of the molecule is COc1ccccc1/C=C/C=N/NC(=O)c1cc(-c2ccc([N+](=O)[O-])cc2)n[nH]1. The largest absolute Gasteiger partial charge is 0.496 e. The number of hydrazone groups is 1. The molecule has 2 aromatic carbocycles. The number of nitro groups is 1. The van der Waals surface area contributed by atoms with Crippen LogP contribution in [-0.4, -0.2) is 34.4 Å². The molecule has 1 aromatic heterocycles. The van der Waals surface area contributed by atoms with Crippen LogP contribution in [0.4, 0.5) is 5.69 Å². The maximum absolute atomic E-state index is 12.1. The first-order chi connectivity index (χ1) is 14.1. The summed E-state index contributed by atoms with van der Waals surface area (Å²) in [5.41, 5.74) is 4.61. The second-order valence-corrected chi connectivity index (χ2v) is 5.79. The Morgan fingerprint density at radius 3 is 2.72 bits per heavy atom. The molecule has 0 aliphatic heterocycles. The number of benzene rings is 2. The summed E-state index contributed by atoms with van der Waals surface area (Å²) in [4.78, 5) is 22.4. The minimum atomic E-state index is -0.479. The lowest BCUT2D eigenvalue weighted by Crippen LogP contribution is -2.17. The van der Waals surface area contributed by atoms with E-state index in [2.05, 4.69) is 20.7 Å². The first-order valence-electron chi connectivity index (χ1n) is 8.52. The monoisotopic (exact) mass is 391 g/mol. The minimum absolute atomic E-state index is 0.0160. The molecule has 0 radical (unpaired) electrons. The molecule has 146 valence electrons. The number of ether oxygens (including phenoxy) is 1. The van der Waals surface area contributed by atoms with E-state index in [0.29, 0.717) is 11.3 Å². The highest BCUT2D eigenvalue weighted by Gasteiger charge is 2.11. The van der Waals surface area contributed by atoms with Gasteiger partial charge in [-0.1, -0.05) is 18.2 Å². The van der Waals surface area contributed by atoms with Crippen molar-refractivity contribution in [2.24, 2.45) is 5.10 Å². The number of allylic oxidation sites excluding steroid dienone is 1. The summed E-state index contributed by atoms with van der Waals surface area (Å²) in [6.07, 6.45) is 4.92. The van der Waals surface area contributed by atoms with E-state index in [4.69, 9.17) is 4.74 Å². The fourth-order valence-corrected chi connectivity index (χ4v) is 2.49. The number of aromatic amines is 1. The van der Waals surface area contributed by atoms with Crippen molar-refractivity contribution in [2.75, 3.05) is 7.11 Å². The predicted octanol–water partition coefficient (Wildman–Crippen LogP) is 3.42. The van der Waals surface area contributed by atoms with Gasteiger partial charge in [0.1, 0.15) is 11.4 Å². The van der Waals surface area contributed by atoms with Crippen molar-refractivity contribution < 1.29 is 14.5 Å². The molecule has 1 heterocycles. The third-order valence-corrected chi connectivity index (χ3v) is 3.94. The normalized spacial score (nSPS) is 11.1. The van der Waals surface area contributed by atoms with E-state index in [-0.39, 0.29) is 11.4 Å². The summed E-state index contributed by atoms with van der Waals surface area (Å²) in [6, 6.07) is 14.9. The zero-order valence-corrected chi connectivity index (χ0v) is 15.4.